The van der Waals surface area contributed by atoms with Crippen LogP contribution in [-0.2, 0) is 10.8 Å². The predicted octanol–water partition coefficient (Wildman–Crippen LogP) is 4.25. The average molecular weight is 402 g/mol. The lowest BCUT2D eigenvalue weighted by atomic mass is 10.2. The summed E-state index contributed by atoms with van der Waals surface area (Å²) in [5.74, 6) is 1.07. The zero-order valence-electron chi connectivity index (χ0n) is 9.66. The lowest BCUT2D eigenvalue weighted by molar-refractivity contribution is 0.102. The molecule has 0 aromatic carbocycles. The summed E-state index contributed by atoms with van der Waals surface area (Å²) < 4.78 is 13.5. The van der Waals surface area contributed by atoms with E-state index in [1.54, 1.807) is 6.07 Å². The van der Waals surface area contributed by atoms with Gasteiger partial charge in [-0.05, 0) is 43.8 Å². The Morgan fingerprint density at radius 1 is 1.53 bits per heavy atom. The van der Waals surface area contributed by atoms with Crippen molar-refractivity contribution in [1.82, 2.24) is 0 Å². The van der Waals surface area contributed by atoms with Gasteiger partial charge in [0.2, 0.25) is 0 Å². The van der Waals surface area contributed by atoms with Crippen LogP contribution >= 0.6 is 43.2 Å². The maximum atomic E-state index is 11.9. The summed E-state index contributed by atoms with van der Waals surface area (Å²) in [7, 11) is -1.06. The summed E-state index contributed by atoms with van der Waals surface area (Å²) in [6.45, 7) is 4.12. The van der Waals surface area contributed by atoms with Crippen LogP contribution in [0.15, 0.2) is 13.6 Å². The second-order valence-corrected chi connectivity index (χ2v) is 9.18. The monoisotopic (exact) mass is 400 g/mol. The van der Waals surface area contributed by atoms with E-state index in [2.05, 4.69) is 45.7 Å². The van der Waals surface area contributed by atoms with Gasteiger partial charge in [0.25, 0.3) is 0 Å². The average Bonchev–Trinajstić information content (AvgIpc) is 2.57. The molecule has 0 fully saturated rings. The maximum absolute atomic E-state index is 11.9. The molecule has 0 aliphatic carbocycles. The molecule has 0 saturated heterocycles. The van der Waals surface area contributed by atoms with Crippen LogP contribution in [0.5, 0.6) is 0 Å². The molecule has 2 nitrogen and oxygen atoms in total. The second kappa shape index (κ2) is 7.16. The largest absolute Gasteiger partial charge is 0.293 e. The van der Waals surface area contributed by atoms with E-state index in [0.717, 1.165) is 14.0 Å². The Bertz CT molecular complexity index is 429. The van der Waals surface area contributed by atoms with Crippen molar-refractivity contribution in [2.24, 2.45) is 5.92 Å². The van der Waals surface area contributed by atoms with Crippen molar-refractivity contribution < 1.29 is 9.00 Å². The first-order valence-corrected chi connectivity index (χ1v) is 9.16. The molecule has 0 saturated carbocycles. The molecular formula is C11H14Br2O2S2. The fourth-order valence-corrected chi connectivity index (χ4v) is 5.54. The highest BCUT2D eigenvalue weighted by molar-refractivity contribution is 9.12. The summed E-state index contributed by atoms with van der Waals surface area (Å²) in [4.78, 5) is 11.9. The molecule has 0 bridgehead atoms. The fraction of sp³-hybridized carbons (Fsp3) is 0.545. The van der Waals surface area contributed by atoms with Crippen molar-refractivity contribution in [3.05, 3.63) is 19.2 Å². The standard InChI is InChI=1S/C11H14Br2O2S2/c1-3-7(2)5-17(15)6-9(14)8-4-10(12)16-11(8)13/h4,7H,3,5-6H2,1-2H3. The molecular weight excluding hydrogens is 388 g/mol. The summed E-state index contributed by atoms with van der Waals surface area (Å²) in [6, 6.07) is 1.78. The van der Waals surface area contributed by atoms with Crippen LogP contribution in [0.1, 0.15) is 30.6 Å². The summed E-state index contributed by atoms with van der Waals surface area (Å²) in [6.07, 6.45) is 0.994. The first kappa shape index (κ1) is 15.5. The smallest absolute Gasteiger partial charge is 0.177 e. The molecule has 0 N–H and O–H groups in total. The van der Waals surface area contributed by atoms with Crippen molar-refractivity contribution in [1.29, 1.82) is 0 Å². The van der Waals surface area contributed by atoms with Crippen molar-refractivity contribution in [2.75, 3.05) is 11.5 Å². The second-order valence-electron chi connectivity index (χ2n) is 3.93. The highest BCUT2D eigenvalue weighted by Gasteiger charge is 2.17. The zero-order chi connectivity index (χ0) is 13.0. The van der Waals surface area contributed by atoms with Gasteiger partial charge in [0.1, 0.15) is 0 Å². The van der Waals surface area contributed by atoms with Gasteiger partial charge in [0.05, 0.1) is 13.3 Å². The molecule has 0 aliphatic heterocycles. The van der Waals surface area contributed by atoms with Crippen LogP contribution in [0.4, 0.5) is 0 Å². The molecule has 96 valence electrons. The topological polar surface area (TPSA) is 34.1 Å². The Morgan fingerprint density at radius 2 is 2.18 bits per heavy atom. The first-order valence-electron chi connectivity index (χ1n) is 5.27. The number of hydrogen-bond acceptors (Lipinski definition) is 3. The van der Waals surface area contributed by atoms with Gasteiger partial charge in [0.15, 0.2) is 5.78 Å². The van der Waals surface area contributed by atoms with Gasteiger partial charge >= 0.3 is 0 Å². The Labute approximate surface area is 125 Å². The summed E-state index contributed by atoms with van der Waals surface area (Å²) in [5.41, 5.74) is 0.624. The quantitative estimate of drug-likeness (QED) is 0.667. The van der Waals surface area contributed by atoms with Crippen molar-refractivity contribution >= 4 is 59.8 Å². The van der Waals surface area contributed by atoms with E-state index in [1.807, 2.05) is 0 Å². The Hall–Kier alpha value is 0.480. The number of Topliss-reactive ketones (excluding diaryl/α,β-unsaturated/α-hetero) is 1. The molecule has 1 rings (SSSR count). The van der Waals surface area contributed by atoms with Crippen LogP contribution in [-0.4, -0.2) is 21.5 Å². The molecule has 1 heterocycles. The summed E-state index contributed by atoms with van der Waals surface area (Å²) in [5, 5.41) is 0. The van der Waals surface area contributed by atoms with Crippen molar-refractivity contribution in [2.45, 2.75) is 20.3 Å². The van der Waals surface area contributed by atoms with E-state index in [9.17, 15) is 9.00 Å². The minimum absolute atomic E-state index is 0.0551. The molecule has 2 unspecified atom stereocenters. The van der Waals surface area contributed by atoms with Gasteiger partial charge in [-0.25, -0.2) is 0 Å². The Balaban J connectivity index is 2.61. The minimum atomic E-state index is -1.06. The molecule has 0 spiro atoms. The maximum Gasteiger partial charge on any atom is 0.177 e. The molecule has 0 amide bonds. The lowest BCUT2D eigenvalue weighted by Crippen LogP contribution is -2.16. The minimum Gasteiger partial charge on any atom is -0.293 e. The fourth-order valence-electron chi connectivity index (χ4n) is 1.25. The van der Waals surface area contributed by atoms with Crippen LogP contribution in [0.25, 0.3) is 0 Å². The van der Waals surface area contributed by atoms with E-state index < -0.39 is 10.8 Å². The highest BCUT2D eigenvalue weighted by atomic mass is 79.9. The molecule has 1 aromatic rings. The van der Waals surface area contributed by atoms with Gasteiger partial charge in [-0.1, -0.05) is 20.3 Å². The molecule has 0 radical (unpaired) electrons. The number of hydrogen-bond donors (Lipinski definition) is 0. The third-order valence-corrected chi connectivity index (χ3v) is 6.28. The van der Waals surface area contributed by atoms with E-state index in [0.29, 0.717) is 17.2 Å². The Morgan fingerprint density at radius 3 is 2.65 bits per heavy atom. The van der Waals surface area contributed by atoms with Crippen LogP contribution in [0.3, 0.4) is 0 Å². The van der Waals surface area contributed by atoms with Gasteiger partial charge in [-0.3, -0.25) is 9.00 Å². The number of rotatable bonds is 6. The highest BCUT2D eigenvalue weighted by Crippen LogP contribution is 2.32. The molecule has 17 heavy (non-hydrogen) atoms. The SMILES string of the molecule is CCC(C)CS(=O)CC(=O)c1cc(Br)sc1Br. The first-order chi connectivity index (χ1) is 7.93. The van der Waals surface area contributed by atoms with Gasteiger partial charge in [-0.2, -0.15) is 0 Å². The van der Waals surface area contributed by atoms with Gasteiger partial charge in [-0.15, -0.1) is 11.3 Å². The number of carbonyl (C=O) groups excluding carboxylic acids is 1. The van der Waals surface area contributed by atoms with E-state index >= 15 is 0 Å². The van der Waals surface area contributed by atoms with Crippen molar-refractivity contribution in [3.8, 4) is 0 Å². The zero-order valence-corrected chi connectivity index (χ0v) is 14.5. The number of carbonyl (C=O) groups is 1. The molecule has 2 atom stereocenters. The lowest BCUT2D eigenvalue weighted by Gasteiger charge is -2.07. The van der Waals surface area contributed by atoms with Crippen LogP contribution in [0.2, 0.25) is 0 Å². The number of ketones is 1. The molecule has 6 heteroatoms. The number of halogens is 2. The third-order valence-electron chi connectivity index (χ3n) is 2.42. The third kappa shape index (κ3) is 4.93. The normalized spacial score (nSPS) is 14.6. The van der Waals surface area contributed by atoms with Crippen molar-refractivity contribution in [3.63, 3.8) is 0 Å². The number of thiophene rings is 1. The van der Waals surface area contributed by atoms with E-state index in [-0.39, 0.29) is 11.5 Å². The van der Waals surface area contributed by atoms with E-state index in [4.69, 9.17) is 0 Å². The predicted molar refractivity (Wildman–Crippen MR) is 81.4 cm³/mol. The summed E-state index contributed by atoms with van der Waals surface area (Å²) >= 11 is 8.13. The van der Waals surface area contributed by atoms with Crippen LogP contribution in [0, 0.1) is 5.92 Å². The molecule has 1 aromatic heterocycles. The van der Waals surface area contributed by atoms with E-state index in [1.165, 1.54) is 11.3 Å². The van der Waals surface area contributed by atoms with Gasteiger partial charge in [0, 0.05) is 22.1 Å². The Kier molecular flexibility index (Phi) is 6.55. The van der Waals surface area contributed by atoms with Crippen LogP contribution < -0.4 is 0 Å². The van der Waals surface area contributed by atoms with Gasteiger partial charge < -0.3 is 0 Å². The molecule has 0 aliphatic rings.